The number of unbranched alkanes of at least 4 members (excludes halogenated alkanes) is 3. The van der Waals surface area contributed by atoms with E-state index in [4.69, 9.17) is 16.3 Å². The van der Waals surface area contributed by atoms with Crippen LogP contribution in [0.25, 0.3) is 0 Å². The van der Waals surface area contributed by atoms with Crippen molar-refractivity contribution in [2.45, 2.75) is 61.0 Å². The number of anilines is 1. The minimum atomic E-state index is -0.696. The van der Waals surface area contributed by atoms with Gasteiger partial charge in [-0.2, -0.15) is 0 Å². The third-order valence-electron chi connectivity index (χ3n) is 7.88. The first-order valence-corrected chi connectivity index (χ1v) is 14.7. The number of thioether (sulfide) groups is 1. The minimum Gasteiger partial charge on any atom is -0.465 e. The molecule has 0 aliphatic carbocycles. The van der Waals surface area contributed by atoms with Crippen LogP contribution in [0.1, 0.15) is 44.9 Å². The maximum Gasteiger partial charge on any atom is 0.310 e. The van der Waals surface area contributed by atoms with E-state index in [2.05, 4.69) is 13.2 Å². The molecule has 2 amide bonds. The minimum absolute atomic E-state index is 0.0360. The largest absolute Gasteiger partial charge is 0.465 e. The molecule has 3 saturated heterocycles. The number of benzene rings is 1. The summed E-state index contributed by atoms with van der Waals surface area (Å²) in [6.45, 7) is 8.63. The molecule has 3 aliphatic rings. The van der Waals surface area contributed by atoms with Gasteiger partial charge in [0.15, 0.2) is 0 Å². The number of carbonyl (C=O) groups excluding carboxylic acids is 3. The Bertz CT molecular complexity index is 1050. The number of hydrogen-bond acceptors (Lipinski definition) is 6. The summed E-state index contributed by atoms with van der Waals surface area (Å²) >= 11 is 7.74. The van der Waals surface area contributed by atoms with Crippen molar-refractivity contribution in [1.82, 2.24) is 4.90 Å². The van der Waals surface area contributed by atoms with Crippen LogP contribution in [0.5, 0.6) is 0 Å². The molecule has 1 spiro atoms. The molecule has 0 aromatic heterocycles. The highest BCUT2D eigenvalue weighted by Gasteiger charge is 2.74. The Kier molecular flexibility index (Phi) is 9.60. The van der Waals surface area contributed by atoms with Gasteiger partial charge in [-0.1, -0.05) is 23.8 Å². The zero-order chi connectivity index (χ0) is 27.3. The summed E-state index contributed by atoms with van der Waals surface area (Å²) in [5.41, 5.74) is 0.683. The van der Waals surface area contributed by atoms with E-state index >= 15 is 0 Å². The number of carbonyl (C=O) groups is 3. The first kappa shape index (κ1) is 28.7. The molecule has 1 N–H and O–H groups in total. The molecule has 7 nitrogen and oxygen atoms in total. The van der Waals surface area contributed by atoms with Crippen LogP contribution in [0, 0.1) is 11.8 Å². The SMILES string of the molecule is C=CCCCOC(=O)[C@@H]1[C@@H]2CCC3(S2)C(C(=O)N(CC=C)c2ccc(Cl)cc2)N(CCCCCO)C(=O)[C@H]13. The summed E-state index contributed by atoms with van der Waals surface area (Å²) < 4.78 is 4.95. The normalized spacial score (nSPS) is 27.3. The summed E-state index contributed by atoms with van der Waals surface area (Å²) in [7, 11) is 0. The molecule has 38 heavy (non-hydrogen) atoms. The quantitative estimate of drug-likeness (QED) is 0.203. The average Bonchev–Trinajstić information content (AvgIpc) is 3.55. The molecule has 206 valence electrons. The lowest BCUT2D eigenvalue weighted by Crippen LogP contribution is -2.55. The first-order chi connectivity index (χ1) is 18.4. The van der Waals surface area contributed by atoms with Crippen LogP contribution in [0.15, 0.2) is 49.6 Å². The summed E-state index contributed by atoms with van der Waals surface area (Å²) in [6.07, 6.45) is 8.44. The Morgan fingerprint density at radius 1 is 1.18 bits per heavy atom. The number of amides is 2. The van der Waals surface area contributed by atoms with Crippen molar-refractivity contribution in [1.29, 1.82) is 0 Å². The highest BCUT2D eigenvalue weighted by atomic mass is 35.5. The van der Waals surface area contributed by atoms with E-state index in [1.165, 1.54) is 0 Å². The zero-order valence-corrected chi connectivity index (χ0v) is 23.3. The lowest BCUT2D eigenvalue weighted by molar-refractivity contribution is -0.154. The number of aliphatic hydroxyl groups excluding tert-OH is 1. The number of nitrogens with zero attached hydrogens (tertiary/aromatic N) is 2. The van der Waals surface area contributed by atoms with Gasteiger partial charge in [-0.15, -0.1) is 24.9 Å². The summed E-state index contributed by atoms with van der Waals surface area (Å²) in [4.78, 5) is 45.1. The number of hydrogen-bond donors (Lipinski definition) is 1. The standard InChI is InChI=1S/C29H37ClN2O5S/c1-3-5-9-19-37-28(36)23-22-14-15-29(38-22)24(23)26(34)32(17-7-6-8-18-33)25(29)27(35)31(16-4-2)21-12-10-20(30)11-13-21/h3-4,10-13,22-25,33H,1-2,5-9,14-19H2/t22-,23+,24-,25?,29?/m0/s1. The fourth-order valence-corrected chi connectivity index (χ4v) is 8.56. The molecule has 2 unspecified atom stereocenters. The average molecular weight is 561 g/mol. The molecular formula is C29H37ClN2O5S. The van der Waals surface area contributed by atoms with Crippen molar-refractivity contribution in [3.05, 3.63) is 54.6 Å². The van der Waals surface area contributed by atoms with E-state index in [-0.39, 0.29) is 36.2 Å². The van der Waals surface area contributed by atoms with Gasteiger partial charge < -0.3 is 19.6 Å². The molecule has 3 aliphatic heterocycles. The maximum atomic E-state index is 14.4. The van der Waals surface area contributed by atoms with E-state index in [1.54, 1.807) is 58.0 Å². The Balaban J connectivity index is 1.66. The Morgan fingerprint density at radius 3 is 2.63 bits per heavy atom. The Morgan fingerprint density at radius 2 is 1.95 bits per heavy atom. The second-order valence-corrected chi connectivity index (χ2v) is 12.2. The van der Waals surface area contributed by atoms with Gasteiger partial charge in [0, 0.05) is 35.7 Å². The fourth-order valence-electron chi connectivity index (χ4n) is 6.23. The Labute approximate surface area is 234 Å². The lowest BCUT2D eigenvalue weighted by Gasteiger charge is -2.37. The number of likely N-dealkylation sites (tertiary alicyclic amines) is 1. The molecule has 3 heterocycles. The van der Waals surface area contributed by atoms with Crippen LogP contribution >= 0.6 is 23.4 Å². The number of rotatable bonds is 14. The molecule has 4 rings (SSSR count). The van der Waals surface area contributed by atoms with Crippen LogP contribution in [0.3, 0.4) is 0 Å². The molecular weight excluding hydrogens is 524 g/mol. The summed E-state index contributed by atoms with van der Waals surface area (Å²) in [5.74, 6) is -1.77. The van der Waals surface area contributed by atoms with Crippen molar-refractivity contribution in [2.24, 2.45) is 11.8 Å². The molecule has 2 bridgehead atoms. The van der Waals surface area contributed by atoms with Crippen LogP contribution in [0.2, 0.25) is 5.02 Å². The van der Waals surface area contributed by atoms with Crippen LogP contribution in [0.4, 0.5) is 5.69 Å². The lowest BCUT2D eigenvalue weighted by atomic mass is 9.71. The van der Waals surface area contributed by atoms with Gasteiger partial charge in [-0.05, 0) is 69.2 Å². The zero-order valence-electron chi connectivity index (χ0n) is 21.7. The van der Waals surface area contributed by atoms with Crippen molar-refractivity contribution in [2.75, 3.05) is 31.2 Å². The van der Waals surface area contributed by atoms with Gasteiger partial charge in [-0.25, -0.2) is 0 Å². The Hall–Kier alpha value is -2.29. The van der Waals surface area contributed by atoms with Gasteiger partial charge in [0.2, 0.25) is 5.91 Å². The highest BCUT2D eigenvalue weighted by Crippen LogP contribution is 2.66. The van der Waals surface area contributed by atoms with Crippen LogP contribution in [-0.2, 0) is 19.1 Å². The fraction of sp³-hybridized carbons (Fsp3) is 0.552. The summed E-state index contributed by atoms with van der Waals surface area (Å²) in [6, 6.07) is 6.37. The van der Waals surface area contributed by atoms with Gasteiger partial charge >= 0.3 is 5.97 Å². The summed E-state index contributed by atoms with van der Waals surface area (Å²) in [5, 5.41) is 9.76. The smallest absolute Gasteiger partial charge is 0.310 e. The van der Waals surface area contributed by atoms with Crippen molar-refractivity contribution in [3.63, 3.8) is 0 Å². The number of allylic oxidation sites excluding steroid dienone is 1. The number of fused-ring (bicyclic) bond motifs is 1. The topological polar surface area (TPSA) is 87.2 Å². The van der Waals surface area contributed by atoms with E-state index in [9.17, 15) is 19.5 Å². The molecule has 1 aromatic rings. The van der Waals surface area contributed by atoms with Crippen molar-refractivity contribution >= 4 is 46.8 Å². The number of ether oxygens (including phenoxy) is 1. The van der Waals surface area contributed by atoms with Gasteiger partial charge in [0.1, 0.15) is 6.04 Å². The van der Waals surface area contributed by atoms with Crippen LogP contribution < -0.4 is 4.90 Å². The predicted octanol–water partition coefficient (Wildman–Crippen LogP) is 4.62. The van der Waals surface area contributed by atoms with E-state index in [1.807, 2.05) is 0 Å². The molecule has 0 saturated carbocycles. The highest BCUT2D eigenvalue weighted by molar-refractivity contribution is 8.02. The number of esters is 1. The number of aliphatic hydroxyl groups is 1. The first-order valence-electron chi connectivity index (χ1n) is 13.4. The van der Waals surface area contributed by atoms with Crippen LogP contribution in [-0.4, -0.2) is 70.1 Å². The monoisotopic (exact) mass is 560 g/mol. The van der Waals surface area contributed by atoms with E-state index in [0.29, 0.717) is 49.5 Å². The predicted molar refractivity (Wildman–Crippen MR) is 151 cm³/mol. The second kappa shape index (κ2) is 12.7. The van der Waals surface area contributed by atoms with Crippen molar-refractivity contribution < 1.29 is 24.2 Å². The van der Waals surface area contributed by atoms with Gasteiger partial charge in [0.05, 0.1) is 23.2 Å². The molecule has 5 atom stereocenters. The van der Waals surface area contributed by atoms with E-state index in [0.717, 1.165) is 19.3 Å². The third-order valence-corrected chi connectivity index (χ3v) is 10.1. The second-order valence-electron chi connectivity index (χ2n) is 10.2. The van der Waals surface area contributed by atoms with Gasteiger partial charge in [0.25, 0.3) is 5.91 Å². The van der Waals surface area contributed by atoms with Gasteiger partial charge in [-0.3, -0.25) is 14.4 Å². The maximum absolute atomic E-state index is 14.4. The molecule has 1 aromatic carbocycles. The molecule has 9 heteroatoms. The third kappa shape index (κ3) is 5.40. The van der Waals surface area contributed by atoms with E-state index < -0.39 is 22.6 Å². The molecule has 0 radical (unpaired) electrons. The van der Waals surface area contributed by atoms with Crippen molar-refractivity contribution in [3.8, 4) is 0 Å². The molecule has 3 fully saturated rings. The number of halogens is 1.